The Labute approximate surface area is 251 Å². The van der Waals surface area contributed by atoms with Gasteiger partial charge in [0.1, 0.15) is 24.2 Å². The van der Waals surface area contributed by atoms with E-state index in [-0.39, 0.29) is 29.1 Å². The number of rotatable bonds is 12. The van der Waals surface area contributed by atoms with Crippen LogP contribution in [0.4, 0.5) is 10.1 Å². The number of sulfonamides is 1. The Morgan fingerprint density at radius 3 is 2.26 bits per heavy atom. The second kappa shape index (κ2) is 14.0. The maximum Gasteiger partial charge on any atom is 0.264 e. The number of benzene rings is 3. The van der Waals surface area contributed by atoms with E-state index in [1.807, 2.05) is 0 Å². The minimum atomic E-state index is -4.29. The van der Waals surface area contributed by atoms with Gasteiger partial charge in [-0.25, -0.2) is 12.8 Å². The van der Waals surface area contributed by atoms with Crippen LogP contribution >= 0.6 is 11.6 Å². The van der Waals surface area contributed by atoms with E-state index in [1.165, 1.54) is 48.4 Å². The Bertz CT molecular complexity index is 1480. The molecular weight excluding hydrogens is 581 g/mol. The molecule has 1 saturated carbocycles. The molecule has 0 radical (unpaired) electrons. The number of carbonyl (C=O) groups is 2. The van der Waals surface area contributed by atoms with Gasteiger partial charge in [0, 0.05) is 17.6 Å². The molecule has 0 unspecified atom stereocenters. The van der Waals surface area contributed by atoms with E-state index in [2.05, 4.69) is 5.32 Å². The van der Waals surface area contributed by atoms with Crippen molar-refractivity contribution in [1.29, 1.82) is 0 Å². The Balaban J connectivity index is 1.71. The highest BCUT2D eigenvalue weighted by atomic mass is 35.5. The standard InChI is InChI=1S/C31H35ClFN3O5S/c1-3-29(31(38)34-24-9-5-6-10-24)35(20-22-8-4-7-11-28(22)32)30(37)21-36(25-14-12-23(33)13-15-25)42(39,40)27-18-16-26(41-2)17-19-27/h4,7-8,11-19,24,29H,3,5-6,9-10,20-21H2,1-2H3,(H,34,38)/t29-/m1/s1. The Hall–Kier alpha value is -3.63. The number of ether oxygens (including phenoxy) is 1. The number of hydrogen-bond acceptors (Lipinski definition) is 5. The SMILES string of the molecule is CC[C@H](C(=O)NC1CCCC1)N(Cc1ccccc1Cl)C(=O)CN(c1ccc(F)cc1)S(=O)(=O)c1ccc(OC)cc1. The van der Waals surface area contributed by atoms with Gasteiger partial charge in [-0.3, -0.25) is 13.9 Å². The fraction of sp³-hybridized carbons (Fsp3) is 0.355. The summed E-state index contributed by atoms with van der Waals surface area (Å²) in [7, 11) is -2.83. The van der Waals surface area contributed by atoms with Crippen LogP contribution in [0, 0.1) is 5.82 Å². The summed E-state index contributed by atoms with van der Waals surface area (Å²) in [4.78, 5) is 28.9. The minimum absolute atomic E-state index is 0.00502. The highest BCUT2D eigenvalue weighted by Gasteiger charge is 2.35. The molecule has 1 N–H and O–H groups in total. The van der Waals surface area contributed by atoms with Crippen molar-refractivity contribution in [2.24, 2.45) is 0 Å². The zero-order chi connectivity index (χ0) is 30.3. The van der Waals surface area contributed by atoms with E-state index in [4.69, 9.17) is 16.3 Å². The molecule has 3 aromatic carbocycles. The number of carbonyl (C=O) groups excluding carboxylic acids is 2. The van der Waals surface area contributed by atoms with Crippen molar-refractivity contribution in [2.45, 2.75) is 62.6 Å². The summed E-state index contributed by atoms with van der Waals surface area (Å²) in [5.41, 5.74) is 0.715. The second-order valence-electron chi connectivity index (χ2n) is 10.2. The highest BCUT2D eigenvalue weighted by molar-refractivity contribution is 7.92. The maximum atomic E-state index is 14.1. The number of hydrogen-bond donors (Lipinski definition) is 1. The van der Waals surface area contributed by atoms with Crippen molar-refractivity contribution in [3.8, 4) is 5.75 Å². The van der Waals surface area contributed by atoms with Gasteiger partial charge in [0.05, 0.1) is 17.7 Å². The molecule has 0 bridgehead atoms. The molecule has 1 aliphatic rings. The van der Waals surface area contributed by atoms with Crippen molar-refractivity contribution in [3.05, 3.63) is 89.2 Å². The molecule has 42 heavy (non-hydrogen) atoms. The van der Waals surface area contributed by atoms with Crippen molar-refractivity contribution < 1.29 is 27.1 Å². The lowest BCUT2D eigenvalue weighted by molar-refractivity contribution is -0.140. The quantitative estimate of drug-likeness (QED) is 0.288. The average Bonchev–Trinajstić information content (AvgIpc) is 3.50. The number of halogens is 2. The predicted molar refractivity (Wildman–Crippen MR) is 160 cm³/mol. The molecule has 224 valence electrons. The molecule has 8 nitrogen and oxygen atoms in total. The molecule has 0 aromatic heterocycles. The fourth-order valence-electron chi connectivity index (χ4n) is 5.11. The first-order valence-corrected chi connectivity index (χ1v) is 15.7. The fourth-order valence-corrected chi connectivity index (χ4v) is 6.72. The lowest BCUT2D eigenvalue weighted by atomic mass is 10.1. The topological polar surface area (TPSA) is 96.0 Å². The van der Waals surface area contributed by atoms with Crippen LogP contribution in [0.15, 0.2) is 77.7 Å². The van der Waals surface area contributed by atoms with E-state index in [0.29, 0.717) is 22.8 Å². The molecule has 2 amide bonds. The molecular formula is C31H35ClFN3O5S. The first-order chi connectivity index (χ1) is 20.1. The lowest BCUT2D eigenvalue weighted by Gasteiger charge is -2.34. The van der Waals surface area contributed by atoms with Gasteiger partial charge in [0.2, 0.25) is 11.8 Å². The normalized spacial score (nSPS) is 14.3. The first-order valence-electron chi connectivity index (χ1n) is 13.9. The predicted octanol–water partition coefficient (Wildman–Crippen LogP) is 5.55. The Morgan fingerprint density at radius 2 is 1.67 bits per heavy atom. The number of nitrogens with one attached hydrogen (secondary N) is 1. The molecule has 4 rings (SSSR count). The zero-order valence-electron chi connectivity index (χ0n) is 23.6. The van der Waals surface area contributed by atoms with Gasteiger partial charge in [-0.05, 0) is 79.4 Å². The van der Waals surface area contributed by atoms with Crippen LogP contribution in [0.25, 0.3) is 0 Å². The molecule has 0 heterocycles. The Morgan fingerprint density at radius 1 is 1.02 bits per heavy atom. The van der Waals surface area contributed by atoms with Gasteiger partial charge in [-0.1, -0.05) is 49.6 Å². The highest BCUT2D eigenvalue weighted by Crippen LogP contribution is 2.27. The maximum absolute atomic E-state index is 14.1. The van der Waals surface area contributed by atoms with E-state index < -0.39 is 34.3 Å². The third-order valence-electron chi connectivity index (χ3n) is 7.43. The van der Waals surface area contributed by atoms with Gasteiger partial charge in [-0.2, -0.15) is 0 Å². The number of nitrogens with zero attached hydrogens (tertiary/aromatic N) is 2. The van der Waals surface area contributed by atoms with Crippen molar-refractivity contribution >= 4 is 39.1 Å². The summed E-state index contributed by atoms with van der Waals surface area (Å²) in [6, 6.07) is 16.8. The Kier molecular flexibility index (Phi) is 10.5. The van der Waals surface area contributed by atoms with Crippen LogP contribution in [0.5, 0.6) is 5.75 Å². The summed E-state index contributed by atoms with van der Waals surface area (Å²) in [6.45, 7) is 1.17. The van der Waals surface area contributed by atoms with E-state index >= 15 is 0 Å². The van der Waals surface area contributed by atoms with Crippen LogP contribution in [-0.2, 0) is 26.2 Å². The smallest absolute Gasteiger partial charge is 0.264 e. The third-order valence-corrected chi connectivity index (χ3v) is 9.58. The molecule has 1 fully saturated rings. The average molecular weight is 616 g/mol. The summed E-state index contributed by atoms with van der Waals surface area (Å²) < 4.78 is 47.7. The number of methoxy groups -OCH3 is 1. The third kappa shape index (κ3) is 7.41. The van der Waals surface area contributed by atoms with E-state index in [0.717, 1.165) is 42.1 Å². The van der Waals surface area contributed by atoms with Crippen molar-refractivity contribution in [2.75, 3.05) is 18.0 Å². The summed E-state index contributed by atoms with van der Waals surface area (Å²) in [5.74, 6) is -0.994. The molecule has 1 aliphatic carbocycles. The van der Waals surface area contributed by atoms with Crippen molar-refractivity contribution in [3.63, 3.8) is 0 Å². The van der Waals surface area contributed by atoms with Gasteiger partial charge in [0.25, 0.3) is 10.0 Å². The van der Waals surface area contributed by atoms with E-state index in [1.54, 1.807) is 31.2 Å². The molecule has 0 spiro atoms. The van der Waals surface area contributed by atoms with Gasteiger partial charge in [0.15, 0.2) is 0 Å². The molecule has 0 saturated heterocycles. The monoisotopic (exact) mass is 615 g/mol. The van der Waals surface area contributed by atoms with Crippen LogP contribution < -0.4 is 14.4 Å². The van der Waals surface area contributed by atoms with Crippen LogP contribution in [0.1, 0.15) is 44.6 Å². The van der Waals surface area contributed by atoms with Crippen LogP contribution in [0.3, 0.4) is 0 Å². The summed E-state index contributed by atoms with van der Waals surface area (Å²) in [5, 5.41) is 3.49. The zero-order valence-corrected chi connectivity index (χ0v) is 25.2. The molecule has 3 aromatic rings. The number of anilines is 1. The lowest BCUT2D eigenvalue weighted by Crippen LogP contribution is -2.53. The molecule has 11 heteroatoms. The van der Waals surface area contributed by atoms with Crippen LogP contribution in [0.2, 0.25) is 5.02 Å². The van der Waals surface area contributed by atoms with Crippen LogP contribution in [-0.4, -0.2) is 50.9 Å². The first kappa shape index (κ1) is 31.3. The van der Waals surface area contributed by atoms with E-state index in [9.17, 15) is 22.4 Å². The van der Waals surface area contributed by atoms with Crippen molar-refractivity contribution in [1.82, 2.24) is 10.2 Å². The van der Waals surface area contributed by atoms with Gasteiger partial charge >= 0.3 is 0 Å². The van der Waals surface area contributed by atoms with Gasteiger partial charge in [-0.15, -0.1) is 0 Å². The molecule has 1 atom stereocenters. The second-order valence-corrected chi connectivity index (χ2v) is 12.5. The number of amides is 2. The largest absolute Gasteiger partial charge is 0.497 e. The summed E-state index contributed by atoms with van der Waals surface area (Å²) in [6.07, 6.45) is 4.11. The summed E-state index contributed by atoms with van der Waals surface area (Å²) >= 11 is 6.44. The van der Waals surface area contributed by atoms with Gasteiger partial charge < -0.3 is 15.0 Å². The minimum Gasteiger partial charge on any atom is -0.497 e. The molecule has 0 aliphatic heterocycles.